The molecule has 0 fully saturated rings. The normalized spacial score (nSPS) is 10.4. The fraction of sp³-hybridized carbons (Fsp3) is 0.556. The largest absolute Gasteiger partial charge is 0.368 e. The number of nitrogens with zero attached hydrogens (tertiary/aromatic N) is 3. The van der Waals surface area contributed by atoms with Crippen molar-refractivity contribution in [1.82, 2.24) is 15.0 Å². The molecule has 0 atom stereocenters. The average molecular weight is 227 g/mol. The van der Waals surface area contributed by atoms with E-state index in [0.717, 1.165) is 11.6 Å². The van der Waals surface area contributed by atoms with Crippen LogP contribution in [-0.2, 0) is 23.2 Å². The van der Waals surface area contributed by atoms with Crippen LogP contribution in [0.25, 0.3) is 0 Å². The van der Waals surface area contributed by atoms with Crippen LogP contribution in [0.5, 0.6) is 0 Å². The highest BCUT2D eigenvalue weighted by molar-refractivity contribution is 5.74. The predicted molar refractivity (Wildman–Crippen MR) is 59.5 cm³/mol. The fourth-order valence-corrected chi connectivity index (χ4v) is 1.26. The molecule has 0 bridgehead atoms. The van der Waals surface area contributed by atoms with E-state index in [1.807, 2.05) is 30.6 Å². The van der Waals surface area contributed by atoms with Crippen LogP contribution in [0.2, 0.25) is 0 Å². The van der Waals surface area contributed by atoms with Gasteiger partial charge in [-0.1, -0.05) is 0 Å². The van der Waals surface area contributed by atoms with Gasteiger partial charge in [0, 0.05) is 21.1 Å². The van der Waals surface area contributed by atoms with E-state index in [1.54, 1.807) is 6.20 Å². The smallest absolute Gasteiger partial charge is 0.245 e. The molecule has 0 aliphatic heterocycles. The lowest BCUT2D eigenvalue weighted by molar-refractivity contribution is -0.125. The van der Waals surface area contributed by atoms with E-state index in [0.29, 0.717) is 6.54 Å². The maximum absolute atomic E-state index is 10.4. The van der Waals surface area contributed by atoms with Crippen LogP contribution in [0.4, 0.5) is 5.95 Å². The first kappa shape index (κ1) is 12.5. The molecule has 0 aliphatic carbocycles. The summed E-state index contributed by atoms with van der Waals surface area (Å²) in [4.78, 5) is 21.4. The quantitative estimate of drug-likeness (QED) is 0.480. The lowest BCUT2D eigenvalue weighted by atomic mass is 10.5. The fourth-order valence-electron chi connectivity index (χ4n) is 1.26. The molecule has 3 N–H and O–H groups in total. The van der Waals surface area contributed by atoms with Crippen molar-refractivity contribution in [2.75, 3.05) is 25.6 Å². The first-order valence-electron chi connectivity index (χ1n) is 4.83. The first-order chi connectivity index (χ1) is 7.52. The number of rotatable bonds is 6. The van der Waals surface area contributed by atoms with E-state index in [9.17, 15) is 4.79 Å². The Morgan fingerprint density at radius 1 is 1.69 bits per heavy atom. The van der Waals surface area contributed by atoms with Gasteiger partial charge < -0.3 is 15.2 Å². The van der Waals surface area contributed by atoms with Gasteiger partial charge in [0.25, 0.3) is 0 Å². The van der Waals surface area contributed by atoms with Crippen molar-refractivity contribution in [2.45, 2.75) is 6.54 Å². The standard InChI is InChI=1S/C9H17N5O2/c1-13(2)9-11-4-7(14(9)3)5-12-16-6-8(10)15/h4,12H,5-6H2,1-3H3,(H2,10,15). The van der Waals surface area contributed by atoms with Gasteiger partial charge in [0.05, 0.1) is 18.4 Å². The molecule has 0 saturated carbocycles. The molecule has 1 aromatic rings. The maximum atomic E-state index is 10.4. The molecular weight excluding hydrogens is 210 g/mol. The Morgan fingerprint density at radius 2 is 2.38 bits per heavy atom. The van der Waals surface area contributed by atoms with Crippen LogP contribution >= 0.6 is 0 Å². The third kappa shape index (κ3) is 3.21. The summed E-state index contributed by atoms with van der Waals surface area (Å²) in [6, 6.07) is 0. The molecule has 0 aliphatic rings. The third-order valence-electron chi connectivity index (χ3n) is 2.03. The molecule has 7 heteroatoms. The summed E-state index contributed by atoms with van der Waals surface area (Å²) in [5, 5.41) is 0. The molecule has 7 nitrogen and oxygen atoms in total. The summed E-state index contributed by atoms with van der Waals surface area (Å²) in [5.74, 6) is 0.346. The summed E-state index contributed by atoms with van der Waals surface area (Å²) in [6.07, 6.45) is 1.75. The molecule has 0 radical (unpaired) electrons. The van der Waals surface area contributed by atoms with Crippen molar-refractivity contribution >= 4 is 11.9 Å². The van der Waals surface area contributed by atoms with Crippen LogP contribution in [0.1, 0.15) is 5.69 Å². The Labute approximate surface area is 94.1 Å². The molecule has 1 amide bonds. The van der Waals surface area contributed by atoms with Crippen molar-refractivity contribution in [3.05, 3.63) is 11.9 Å². The molecule has 1 rings (SSSR count). The molecule has 90 valence electrons. The molecule has 0 saturated heterocycles. The van der Waals surface area contributed by atoms with Crippen LogP contribution < -0.4 is 16.1 Å². The average Bonchev–Trinajstić information content (AvgIpc) is 2.54. The second kappa shape index (κ2) is 5.47. The second-order valence-corrected chi connectivity index (χ2v) is 3.58. The number of hydrogen-bond acceptors (Lipinski definition) is 5. The molecule has 1 aromatic heterocycles. The minimum absolute atomic E-state index is 0.140. The number of carbonyl (C=O) groups excluding carboxylic acids is 1. The van der Waals surface area contributed by atoms with Crippen LogP contribution in [0, 0.1) is 0 Å². The van der Waals surface area contributed by atoms with Crippen molar-refractivity contribution in [1.29, 1.82) is 0 Å². The number of nitrogens with one attached hydrogen (secondary N) is 1. The number of hydroxylamine groups is 1. The lowest BCUT2D eigenvalue weighted by Gasteiger charge is -2.12. The van der Waals surface area contributed by atoms with Crippen LogP contribution in [0.15, 0.2) is 6.20 Å². The summed E-state index contributed by atoms with van der Waals surface area (Å²) in [5.41, 5.74) is 8.52. The topological polar surface area (TPSA) is 85.4 Å². The van der Waals surface area contributed by atoms with Gasteiger partial charge in [-0.25, -0.2) is 4.98 Å². The SMILES string of the molecule is CN(C)c1ncc(CNOCC(N)=O)n1C. The zero-order valence-corrected chi connectivity index (χ0v) is 9.73. The van der Waals surface area contributed by atoms with E-state index >= 15 is 0 Å². The van der Waals surface area contributed by atoms with Crippen molar-refractivity contribution in [3.63, 3.8) is 0 Å². The Morgan fingerprint density at radius 3 is 2.88 bits per heavy atom. The predicted octanol–water partition coefficient (Wildman–Crippen LogP) is -1.01. The highest BCUT2D eigenvalue weighted by atomic mass is 16.6. The highest BCUT2D eigenvalue weighted by Crippen LogP contribution is 2.10. The zero-order valence-electron chi connectivity index (χ0n) is 9.73. The van der Waals surface area contributed by atoms with Crippen molar-refractivity contribution in [2.24, 2.45) is 12.8 Å². The van der Waals surface area contributed by atoms with Gasteiger partial charge in [0.1, 0.15) is 6.61 Å². The minimum atomic E-state index is -0.508. The molecule has 0 aromatic carbocycles. The van der Waals surface area contributed by atoms with Gasteiger partial charge in [-0.05, 0) is 0 Å². The summed E-state index contributed by atoms with van der Waals surface area (Å²) in [7, 11) is 5.75. The van der Waals surface area contributed by atoms with E-state index in [-0.39, 0.29) is 6.61 Å². The Kier molecular flexibility index (Phi) is 4.27. The number of amides is 1. The summed E-state index contributed by atoms with van der Waals surface area (Å²) < 4.78 is 1.93. The lowest BCUT2D eigenvalue weighted by Crippen LogP contribution is -2.25. The number of anilines is 1. The van der Waals surface area contributed by atoms with Gasteiger partial charge in [-0.2, -0.15) is 5.48 Å². The number of carbonyl (C=O) groups is 1. The number of aromatic nitrogens is 2. The highest BCUT2D eigenvalue weighted by Gasteiger charge is 2.07. The van der Waals surface area contributed by atoms with Gasteiger partial charge in [0.15, 0.2) is 0 Å². The first-order valence-corrected chi connectivity index (χ1v) is 4.83. The Hall–Kier alpha value is -1.60. The van der Waals surface area contributed by atoms with Gasteiger partial charge in [0.2, 0.25) is 11.9 Å². The molecule has 1 heterocycles. The van der Waals surface area contributed by atoms with E-state index < -0.39 is 5.91 Å². The number of hydrogen-bond donors (Lipinski definition) is 2. The second-order valence-electron chi connectivity index (χ2n) is 3.58. The van der Waals surface area contributed by atoms with E-state index in [1.165, 1.54) is 0 Å². The van der Waals surface area contributed by atoms with Crippen LogP contribution in [0.3, 0.4) is 0 Å². The van der Waals surface area contributed by atoms with Gasteiger partial charge in [-0.3, -0.25) is 9.63 Å². The zero-order chi connectivity index (χ0) is 12.1. The van der Waals surface area contributed by atoms with Crippen LogP contribution in [-0.4, -0.2) is 36.2 Å². The minimum Gasteiger partial charge on any atom is -0.368 e. The molecule has 0 unspecified atom stereocenters. The Balaban J connectivity index is 2.45. The van der Waals surface area contributed by atoms with Crippen molar-refractivity contribution < 1.29 is 9.63 Å². The molecular formula is C9H17N5O2. The summed E-state index contributed by atoms with van der Waals surface area (Å²) in [6.45, 7) is 0.322. The molecule has 0 spiro atoms. The summed E-state index contributed by atoms with van der Waals surface area (Å²) >= 11 is 0. The van der Waals surface area contributed by atoms with Gasteiger partial charge >= 0.3 is 0 Å². The molecule has 16 heavy (non-hydrogen) atoms. The maximum Gasteiger partial charge on any atom is 0.245 e. The van der Waals surface area contributed by atoms with E-state index in [2.05, 4.69) is 10.5 Å². The Bertz CT molecular complexity index is 361. The number of imidazole rings is 1. The monoisotopic (exact) mass is 227 g/mol. The van der Waals surface area contributed by atoms with Gasteiger partial charge in [-0.15, -0.1) is 0 Å². The van der Waals surface area contributed by atoms with E-state index in [4.69, 9.17) is 10.6 Å². The number of nitrogens with two attached hydrogens (primary N) is 1. The van der Waals surface area contributed by atoms with Crippen molar-refractivity contribution in [3.8, 4) is 0 Å². The third-order valence-corrected chi connectivity index (χ3v) is 2.03. The number of primary amides is 1.